The predicted octanol–water partition coefficient (Wildman–Crippen LogP) is 1.32. The zero-order chi connectivity index (χ0) is 16.5. The lowest BCUT2D eigenvalue weighted by molar-refractivity contribution is 0.0939. The smallest absolute Gasteiger partial charge is 0.271 e. The monoisotopic (exact) mass is 324 g/mol. The molecule has 1 aliphatic carbocycles. The van der Waals surface area contributed by atoms with E-state index < -0.39 is 0 Å². The van der Waals surface area contributed by atoms with Gasteiger partial charge in [0.1, 0.15) is 5.69 Å². The molecule has 1 amide bonds. The van der Waals surface area contributed by atoms with E-state index in [1.807, 2.05) is 6.92 Å². The standard InChI is InChI=1S/C17H20N6O/c1-11-6-19-15(8-18-11)17(24)20-7-12-9-23(10-12)16-5-4-14(21-22-16)13-2-3-13/h4-6,8,12-13H,2-3,7,9-10H2,1H3,(H,20,24). The lowest BCUT2D eigenvalue weighted by Gasteiger charge is -2.39. The Morgan fingerprint density at radius 1 is 1.21 bits per heavy atom. The summed E-state index contributed by atoms with van der Waals surface area (Å²) in [6, 6.07) is 4.14. The Kier molecular flexibility index (Phi) is 3.84. The Bertz CT molecular complexity index is 720. The molecule has 2 aliphatic rings. The molecular formula is C17H20N6O. The van der Waals surface area contributed by atoms with Crippen LogP contribution in [-0.4, -0.2) is 45.7 Å². The molecule has 0 spiro atoms. The van der Waals surface area contributed by atoms with E-state index >= 15 is 0 Å². The molecule has 24 heavy (non-hydrogen) atoms. The van der Waals surface area contributed by atoms with Gasteiger partial charge < -0.3 is 10.2 Å². The van der Waals surface area contributed by atoms with Gasteiger partial charge in [0, 0.05) is 37.7 Å². The summed E-state index contributed by atoms with van der Waals surface area (Å²) < 4.78 is 0. The highest BCUT2D eigenvalue weighted by atomic mass is 16.1. The van der Waals surface area contributed by atoms with Crippen LogP contribution in [0.3, 0.4) is 0 Å². The number of carbonyl (C=O) groups is 1. The third-order valence-electron chi connectivity index (χ3n) is 4.51. The van der Waals surface area contributed by atoms with Gasteiger partial charge in [-0.15, -0.1) is 5.10 Å². The van der Waals surface area contributed by atoms with Crippen molar-refractivity contribution in [3.8, 4) is 0 Å². The van der Waals surface area contributed by atoms with Crippen LogP contribution in [0.4, 0.5) is 5.82 Å². The summed E-state index contributed by atoms with van der Waals surface area (Å²) in [5.41, 5.74) is 2.27. The van der Waals surface area contributed by atoms with Crippen LogP contribution in [0.5, 0.6) is 0 Å². The number of nitrogens with one attached hydrogen (secondary N) is 1. The molecule has 1 N–H and O–H groups in total. The van der Waals surface area contributed by atoms with Gasteiger partial charge in [-0.2, -0.15) is 5.10 Å². The maximum absolute atomic E-state index is 12.0. The first kappa shape index (κ1) is 15.0. The van der Waals surface area contributed by atoms with Crippen LogP contribution in [0.25, 0.3) is 0 Å². The van der Waals surface area contributed by atoms with Crippen LogP contribution >= 0.6 is 0 Å². The number of amides is 1. The van der Waals surface area contributed by atoms with E-state index in [1.54, 1.807) is 6.20 Å². The second kappa shape index (κ2) is 6.14. The first-order valence-electron chi connectivity index (χ1n) is 8.34. The van der Waals surface area contributed by atoms with Crippen LogP contribution in [0.1, 0.15) is 40.6 Å². The molecule has 1 saturated heterocycles. The summed E-state index contributed by atoms with van der Waals surface area (Å²) in [7, 11) is 0. The van der Waals surface area contributed by atoms with Crippen molar-refractivity contribution in [2.75, 3.05) is 24.5 Å². The van der Waals surface area contributed by atoms with Gasteiger partial charge in [0.15, 0.2) is 5.82 Å². The van der Waals surface area contributed by atoms with Crippen molar-refractivity contribution in [2.24, 2.45) is 5.92 Å². The van der Waals surface area contributed by atoms with Gasteiger partial charge in [-0.1, -0.05) is 0 Å². The summed E-state index contributed by atoms with van der Waals surface area (Å²) in [6.07, 6.45) is 5.59. The fraction of sp³-hybridized carbons (Fsp3) is 0.471. The minimum absolute atomic E-state index is 0.172. The number of aromatic nitrogens is 4. The van der Waals surface area contributed by atoms with Crippen molar-refractivity contribution >= 4 is 11.7 Å². The van der Waals surface area contributed by atoms with E-state index in [-0.39, 0.29) is 5.91 Å². The van der Waals surface area contributed by atoms with Crippen molar-refractivity contribution < 1.29 is 4.79 Å². The Balaban J connectivity index is 1.24. The quantitative estimate of drug-likeness (QED) is 0.893. The molecule has 2 aromatic heterocycles. The summed E-state index contributed by atoms with van der Waals surface area (Å²) in [5, 5.41) is 11.6. The molecule has 0 aromatic carbocycles. The van der Waals surface area contributed by atoms with Crippen LogP contribution in [-0.2, 0) is 0 Å². The SMILES string of the molecule is Cc1cnc(C(=O)NCC2CN(c3ccc(C4CC4)nn3)C2)cn1. The van der Waals surface area contributed by atoms with Crippen LogP contribution in [0.15, 0.2) is 24.5 Å². The molecule has 2 fully saturated rings. The third-order valence-corrected chi connectivity index (χ3v) is 4.51. The number of carbonyl (C=O) groups excluding carboxylic acids is 1. The number of nitrogens with zero attached hydrogens (tertiary/aromatic N) is 5. The van der Waals surface area contributed by atoms with E-state index in [2.05, 4.69) is 42.5 Å². The van der Waals surface area contributed by atoms with Crippen LogP contribution < -0.4 is 10.2 Å². The van der Waals surface area contributed by atoms with E-state index in [1.165, 1.54) is 19.0 Å². The largest absolute Gasteiger partial charge is 0.354 e. The fourth-order valence-electron chi connectivity index (χ4n) is 2.82. The molecule has 1 aliphatic heterocycles. The number of hydrogen-bond donors (Lipinski definition) is 1. The molecule has 2 aromatic rings. The lowest BCUT2D eigenvalue weighted by Crippen LogP contribution is -2.52. The van der Waals surface area contributed by atoms with E-state index in [0.29, 0.717) is 24.1 Å². The molecule has 0 radical (unpaired) electrons. The zero-order valence-corrected chi connectivity index (χ0v) is 13.6. The Morgan fingerprint density at radius 2 is 2.04 bits per heavy atom. The van der Waals surface area contributed by atoms with Gasteiger partial charge in [0.25, 0.3) is 5.91 Å². The lowest BCUT2D eigenvalue weighted by atomic mass is 10.00. The van der Waals surface area contributed by atoms with Crippen molar-refractivity contribution in [2.45, 2.75) is 25.7 Å². The zero-order valence-electron chi connectivity index (χ0n) is 13.6. The molecule has 0 bridgehead atoms. The van der Waals surface area contributed by atoms with Gasteiger partial charge >= 0.3 is 0 Å². The second-order valence-corrected chi connectivity index (χ2v) is 6.61. The third kappa shape index (κ3) is 3.20. The van der Waals surface area contributed by atoms with Gasteiger partial charge in [-0.05, 0) is 31.9 Å². The van der Waals surface area contributed by atoms with Crippen molar-refractivity contribution in [1.29, 1.82) is 0 Å². The number of anilines is 1. The maximum Gasteiger partial charge on any atom is 0.271 e. The van der Waals surface area contributed by atoms with Gasteiger partial charge in [-0.25, -0.2) is 4.98 Å². The number of aryl methyl sites for hydroxylation is 1. The highest BCUT2D eigenvalue weighted by Crippen LogP contribution is 2.38. The van der Waals surface area contributed by atoms with E-state index in [9.17, 15) is 4.79 Å². The average Bonchev–Trinajstić information content (AvgIpc) is 3.39. The highest BCUT2D eigenvalue weighted by molar-refractivity contribution is 5.91. The first-order chi connectivity index (χ1) is 11.7. The predicted molar refractivity (Wildman–Crippen MR) is 88.8 cm³/mol. The average molecular weight is 324 g/mol. The normalized spacial score (nSPS) is 17.5. The number of hydrogen-bond acceptors (Lipinski definition) is 6. The Hall–Kier alpha value is -2.57. The molecule has 1 saturated carbocycles. The van der Waals surface area contributed by atoms with E-state index in [4.69, 9.17) is 0 Å². The van der Waals surface area contributed by atoms with E-state index in [0.717, 1.165) is 30.3 Å². The summed E-state index contributed by atoms with van der Waals surface area (Å²) in [5.74, 6) is 1.81. The van der Waals surface area contributed by atoms with Crippen molar-refractivity contribution in [3.05, 3.63) is 41.6 Å². The molecule has 7 heteroatoms. The molecular weight excluding hydrogens is 304 g/mol. The van der Waals surface area contributed by atoms with Crippen LogP contribution in [0.2, 0.25) is 0 Å². The maximum atomic E-state index is 12.0. The summed E-state index contributed by atoms with van der Waals surface area (Å²) >= 11 is 0. The molecule has 124 valence electrons. The Morgan fingerprint density at radius 3 is 2.67 bits per heavy atom. The highest BCUT2D eigenvalue weighted by Gasteiger charge is 2.29. The summed E-state index contributed by atoms with van der Waals surface area (Å²) in [6.45, 7) is 4.25. The van der Waals surface area contributed by atoms with Gasteiger partial charge in [0.2, 0.25) is 0 Å². The molecule has 3 heterocycles. The van der Waals surface area contributed by atoms with Crippen molar-refractivity contribution in [3.63, 3.8) is 0 Å². The molecule has 0 atom stereocenters. The Labute approximate surface area is 140 Å². The van der Waals surface area contributed by atoms with Gasteiger partial charge in [0.05, 0.1) is 17.6 Å². The van der Waals surface area contributed by atoms with Crippen molar-refractivity contribution in [1.82, 2.24) is 25.5 Å². The topological polar surface area (TPSA) is 83.9 Å². The van der Waals surface area contributed by atoms with Gasteiger partial charge in [-0.3, -0.25) is 9.78 Å². The summed E-state index contributed by atoms with van der Waals surface area (Å²) in [4.78, 5) is 22.4. The minimum Gasteiger partial charge on any atom is -0.354 e. The molecule has 0 unspecified atom stereocenters. The molecule has 4 rings (SSSR count). The van der Waals surface area contributed by atoms with Crippen LogP contribution in [0, 0.1) is 12.8 Å². The number of rotatable bonds is 5. The second-order valence-electron chi connectivity index (χ2n) is 6.61. The minimum atomic E-state index is -0.172. The molecule has 7 nitrogen and oxygen atoms in total. The fourth-order valence-corrected chi connectivity index (χ4v) is 2.82. The first-order valence-corrected chi connectivity index (χ1v) is 8.34.